The predicted octanol–water partition coefficient (Wildman–Crippen LogP) is 4.02. The highest BCUT2D eigenvalue weighted by atomic mass is 79.9. The fourth-order valence-electron chi connectivity index (χ4n) is 1.66. The van der Waals surface area contributed by atoms with Crippen LogP contribution in [0.5, 0.6) is 0 Å². The first-order chi connectivity index (χ1) is 10.1. The molecule has 1 amide bonds. The Balaban J connectivity index is 1.94. The van der Waals surface area contributed by atoms with Crippen LogP contribution in [-0.4, -0.2) is 12.5 Å². The van der Waals surface area contributed by atoms with E-state index in [9.17, 15) is 4.79 Å². The maximum Gasteiger partial charge on any atom is 0.243 e. The zero-order chi connectivity index (χ0) is 15.2. The minimum atomic E-state index is -0.178. The highest BCUT2D eigenvalue weighted by Crippen LogP contribution is 2.22. The Labute approximate surface area is 135 Å². The van der Waals surface area contributed by atoms with E-state index in [4.69, 9.17) is 16.9 Å². The van der Waals surface area contributed by atoms with Gasteiger partial charge in [-0.25, -0.2) is 0 Å². The van der Waals surface area contributed by atoms with Crippen LogP contribution in [0.2, 0.25) is 5.02 Å². The molecule has 0 saturated carbocycles. The highest BCUT2D eigenvalue weighted by molar-refractivity contribution is 9.10. The largest absolute Gasteiger partial charge is 0.376 e. The topological polar surface area (TPSA) is 64.9 Å². The van der Waals surface area contributed by atoms with Crippen molar-refractivity contribution >= 4 is 44.8 Å². The van der Waals surface area contributed by atoms with E-state index in [0.29, 0.717) is 22.0 Å². The predicted molar refractivity (Wildman–Crippen MR) is 87.4 cm³/mol. The van der Waals surface area contributed by atoms with Crippen LogP contribution in [0.3, 0.4) is 0 Å². The Kier molecular flexibility index (Phi) is 5.20. The fourth-order valence-corrected chi connectivity index (χ4v) is 2.26. The van der Waals surface area contributed by atoms with Crippen molar-refractivity contribution in [2.75, 3.05) is 17.2 Å². The van der Waals surface area contributed by atoms with Gasteiger partial charge in [0.05, 0.1) is 22.8 Å². The first kappa shape index (κ1) is 15.4. The van der Waals surface area contributed by atoms with Gasteiger partial charge in [0.1, 0.15) is 6.07 Å². The molecule has 0 aliphatic carbocycles. The lowest BCUT2D eigenvalue weighted by atomic mass is 10.2. The lowest BCUT2D eigenvalue weighted by molar-refractivity contribution is -0.114. The number of carbonyl (C=O) groups is 1. The number of hydrogen-bond donors (Lipinski definition) is 2. The van der Waals surface area contributed by atoms with Crippen LogP contribution in [0.4, 0.5) is 11.4 Å². The van der Waals surface area contributed by atoms with Gasteiger partial charge in [-0.15, -0.1) is 0 Å². The van der Waals surface area contributed by atoms with Crippen molar-refractivity contribution in [1.29, 1.82) is 5.26 Å². The molecule has 0 fully saturated rings. The normalized spacial score (nSPS) is 9.76. The number of anilines is 2. The van der Waals surface area contributed by atoms with Crippen LogP contribution in [0, 0.1) is 11.3 Å². The third kappa shape index (κ3) is 4.22. The molecule has 4 nitrogen and oxygen atoms in total. The van der Waals surface area contributed by atoms with Crippen molar-refractivity contribution in [3.63, 3.8) is 0 Å². The second-order valence-corrected chi connectivity index (χ2v) is 5.45. The van der Waals surface area contributed by atoms with Crippen molar-refractivity contribution in [3.05, 3.63) is 57.5 Å². The van der Waals surface area contributed by atoms with Crippen molar-refractivity contribution in [2.24, 2.45) is 0 Å². The number of nitrogens with one attached hydrogen (secondary N) is 2. The minimum absolute atomic E-state index is 0.101. The average Bonchev–Trinajstić information content (AvgIpc) is 2.48. The molecule has 106 valence electrons. The van der Waals surface area contributed by atoms with Gasteiger partial charge in [0.25, 0.3) is 0 Å². The quantitative estimate of drug-likeness (QED) is 0.861. The van der Waals surface area contributed by atoms with Gasteiger partial charge in [0, 0.05) is 10.2 Å². The zero-order valence-electron chi connectivity index (χ0n) is 10.9. The van der Waals surface area contributed by atoms with Crippen LogP contribution >= 0.6 is 27.5 Å². The second kappa shape index (κ2) is 7.11. The number of benzene rings is 2. The lowest BCUT2D eigenvalue weighted by Crippen LogP contribution is -2.21. The lowest BCUT2D eigenvalue weighted by Gasteiger charge is -2.09. The molecule has 0 radical (unpaired) electrons. The molecule has 21 heavy (non-hydrogen) atoms. The van der Waals surface area contributed by atoms with E-state index in [1.807, 2.05) is 24.3 Å². The Morgan fingerprint density at radius 2 is 2.05 bits per heavy atom. The Morgan fingerprint density at radius 1 is 1.29 bits per heavy atom. The SMILES string of the molecule is N#Cc1ccc(NCC(=O)Nc2ccccc2Br)cc1Cl. The third-order valence-corrected chi connectivity index (χ3v) is 3.69. The number of rotatable bonds is 4. The van der Waals surface area contributed by atoms with E-state index in [1.54, 1.807) is 24.3 Å². The first-order valence-electron chi connectivity index (χ1n) is 6.08. The van der Waals surface area contributed by atoms with Crippen LogP contribution < -0.4 is 10.6 Å². The second-order valence-electron chi connectivity index (χ2n) is 4.19. The van der Waals surface area contributed by atoms with Gasteiger partial charge in [-0.1, -0.05) is 23.7 Å². The van der Waals surface area contributed by atoms with Crippen LogP contribution in [0.15, 0.2) is 46.9 Å². The van der Waals surface area contributed by atoms with Gasteiger partial charge in [-0.2, -0.15) is 5.26 Å². The summed E-state index contributed by atoms with van der Waals surface area (Å²) in [6.07, 6.45) is 0. The Morgan fingerprint density at radius 3 is 2.71 bits per heavy atom. The molecule has 0 heterocycles. The Hall–Kier alpha value is -2.03. The smallest absolute Gasteiger partial charge is 0.243 e. The van der Waals surface area contributed by atoms with Gasteiger partial charge in [-0.3, -0.25) is 4.79 Å². The molecular formula is C15H11BrClN3O. The molecule has 0 saturated heterocycles. The summed E-state index contributed by atoms with van der Waals surface area (Å²) in [7, 11) is 0. The fraction of sp³-hybridized carbons (Fsp3) is 0.0667. The highest BCUT2D eigenvalue weighted by Gasteiger charge is 2.06. The molecule has 6 heteroatoms. The zero-order valence-corrected chi connectivity index (χ0v) is 13.2. The molecule has 0 atom stereocenters. The molecule has 0 aliphatic heterocycles. The van der Waals surface area contributed by atoms with Gasteiger partial charge < -0.3 is 10.6 Å². The van der Waals surface area contributed by atoms with E-state index in [-0.39, 0.29) is 12.5 Å². The maximum absolute atomic E-state index is 11.9. The van der Waals surface area contributed by atoms with Crippen molar-refractivity contribution in [1.82, 2.24) is 0 Å². The van der Waals surface area contributed by atoms with Crippen molar-refractivity contribution in [3.8, 4) is 6.07 Å². The number of halogens is 2. The molecule has 0 unspecified atom stereocenters. The summed E-state index contributed by atoms with van der Waals surface area (Å²) >= 11 is 9.29. The molecule has 0 aromatic heterocycles. The molecule has 2 aromatic carbocycles. The molecular weight excluding hydrogens is 354 g/mol. The summed E-state index contributed by atoms with van der Waals surface area (Å²) in [5.41, 5.74) is 1.79. The Bertz CT molecular complexity index is 712. The molecule has 2 rings (SSSR count). The molecule has 0 spiro atoms. The first-order valence-corrected chi connectivity index (χ1v) is 7.25. The average molecular weight is 365 g/mol. The van der Waals surface area contributed by atoms with Crippen LogP contribution in [0.1, 0.15) is 5.56 Å². The molecule has 2 aromatic rings. The summed E-state index contributed by atoms with van der Waals surface area (Å²) in [5, 5.41) is 14.9. The number of nitrogens with zero attached hydrogens (tertiary/aromatic N) is 1. The summed E-state index contributed by atoms with van der Waals surface area (Å²) in [4.78, 5) is 11.9. The number of carbonyl (C=O) groups excluding carboxylic acids is 1. The molecule has 0 aliphatic rings. The monoisotopic (exact) mass is 363 g/mol. The van der Waals surface area contributed by atoms with E-state index in [2.05, 4.69) is 26.6 Å². The van der Waals surface area contributed by atoms with Gasteiger partial charge >= 0.3 is 0 Å². The van der Waals surface area contributed by atoms with E-state index in [0.717, 1.165) is 4.47 Å². The summed E-state index contributed by atoms with van der Waals surface area (Å²) in [6, 6.07) is 14.3. The van der Waals surface area contributed by atoms with Crippen LogP contribution in [0.25, 0.3) is 0 Å². The van der Waals surface area contributed by atoms with E-state index >= 15 is 0 Å². The minimum Gasteiger partial charge on any atom is -0.376 e. The number of amides is 1. The third-order valence-electron chi connectivity index (χ3n) is 2.69. The van der Waals surface area contributed by atoms with E-state index < -0.39 is 0 Å². The van der Waals surface area contributed by atoms with Gasteiger partial charge in [-0.05, 0) is 46.3 Å². The number of para-hydroxylation sites is 1. The van der Waals surface area contributed by atoms with Gasteiger partial charge in [0.15, 0.2) is 0 Å². The maximum atomic E-state index is 11.9. The van der Waals surface area contributed by atoms with Crippen molar-refractivity contribution < 1.29 is 4.79 Å². The van der Waals surface area contributed by atoms with Gasteiger partial charge in [0.2, 0.25) is 5.91 Å². The summed E-state index contributed by atoms with van der Waals surface area (Å²) in [5.74, 6) is -0.178. The summed E-state index contributed by atoms with van der Waals surface area (Å²) in [6.45, 7) is 0.101. The molecule has 0 bridgehead atoms. The standard InChI is InChI=1S/C15H11BrClN3O/c16-12-3-1-2-4-14(12)20-15(21)9-19-11-6-5-10(8-18)13(17)7-11/h1-7,19H,9H2,(H,20,21). The summed E-state index contributed by atoms with van der Waals surface area (Å²) < 4.78 is 0.819. The van der Waals surface area contributed by atoms with Crippen molar-refractivity contribution in [2.45, 2.75) is 0 Å². The number of nitriles is 1. The number of hydrogen-bond acceptors (Lipinski definition) is 3. The van der Waals surface area contributed by atoms with Crippen LogP contribution in [-0.2, 0) is 4.79 Å². The molecule has 2 N–H and O–H groups in total. The van der Waals surface area contributed by atoms with E-state index in [1.165, 1.54) is 0 Å².